The van der Waals surface area contributed by atoms with Gasteiger partial charge in [0, 0.05) is 20.7 Å². The maximum Gasteiger partial charge on any atom is 0.246 e. The van der Waals surface area contributed by atoms with Gasteiger partial charge in [0.2, 0.25) is 5.91 Å². The van der Waals surface area contributed by atoms with Crippen LogP contribution in [0.25, 0.3) is 11.3 Å². The molecule has 0 saturated carbocycles. The van der Waals surface area contributed by atoms with Crippen molar-refractivity contribution >= 4 is 43.5 Å². The molecule has 1 aromatic heterocycles. The molecule has 122 valence electrons. The molecule has 0 bridgehead atoms. The molecule has 3 aromatic rings. The zero-order chi connectivity index (χ0) is 17.1. The van der Waals surface area contributed by atoms with Crippen LogP contribution in [-0.4, -0.2) is 15.7 Å². The summed E-state index contributed by atoms with van der Waals surface area (Å²) >= 11 is 6.96. The highest BCUT2D eigenvalue weighted by atomic mass is 79.9. The Morgan fingerprint density at radius 2 is 1.79 bits per heavy atom. The van der Waals surface area contributed by atoms with Crippen LogP contribution in [0.1, 0.15) is 5.56 Å². The number of nitrogens with one attached hydrogen (secondary N) is 1. The number of benzene rings is 2. The summed E-state index contributed by atoms with van der Waals surface area (Å²) in [5, 5.41) is 7.36. The highest BCUT2D eigenvalue weighted by Gasteiger charge is 2.11. The molecule has 0 saturated heterocycles. The molecule has 0 radical (unpaired) electrons. The van der Waals surface area contributed by atoms with Crippen molar-refractivity contribution in [3.63, 3.8) is 0 Å². The van der Waals surface area contributed by atoms with E-state index < -0.39 is 0 Å². The Kier molecular flexibility index (Phi) is 5.16. The third-order valence-corrected chi connectivity index (χ3v) is 4.72. The predicted octanol–water partition coefficient (Wildman–Crippen LogP) is 5.02. The molecule has 3 rings (SSSR count). The smallest absolute Gasteiger partial charge is 0.246 e. The number of carbonyl (C=O) groups is 1. The van der Waals surface area contributed by atoms with Gasteiger partial charge in [-0.15, -0.1) is 0 Å². The van der Waals surface area contributed by atoms with Crippen molar-refractivity contribution in [2.75, 3.05) is 5.32 Å². The van der Waals surface area contributed by atoms with E-state index in [2.05, 4.69) is 42.3 Å². The summed E-state index contributed by atoms with van der Waals surface area (Å²) in [4.78, 5) is 12.3. The minimum Gasteiger partial charge on any atom is -0.323 e. The highest BCUT2D eigenvalue weighted by molar-refractivity contribution is 9.11. The minimum absolute atomic E-state index is 0.136. The zero-order valence-corrected chi connectivity index (χ0v) is 16.1. The van der Waals surface area contributed by atoms with Crippen molar-refractivity contribution in [3.05, 3.63) is 69.2 Å². The van der Waals surface area contributed by atoms with E-state index in [0.717, 1.165) is 31.5 Å². The van der Waals surface area contributed by atoms with Gasteiger partial charge < -0.3 is 5.32 Å². The molecule has 0 unspecified atom stereocenters. The molecule has 1 heterocycles. The van der Waals surface area contributed by atoms with Crippen molar-refractivity contribution in [1.82, 2.24) is 9.78 Å². The van der Waals surface area contributed by atoms with E-state index in [1.165, 1.54) is 0 Å². The Morgan fingerprint density at radius 3 is 2.46 bits per heavy atom. The number of halogens is 2. The van der Waals surface area contributed by atoms with Gasteiger partial charge in [0.1, 0.15) is 6.54 Å². The second kappa shape index (κ2) is 7.32. The molecule has 4 nitrogen and oxygen atoms in total. The van der Waals surface area contributed by atoms with Crippen molar-refractivity contribution in [2.45, 2.75) is 13.5 Å². The fraction of sp³-hybridized carbons (Fsp3) is 0.111. The first-order valence-electron chi connectivity index (χ1n) is 7.37. The molecule has 2 aromatic carbocycles. The van der Waals surface area contributed by atoms with E-state index >= 15 is 0 Å². The van der Waals surface area contributed by atoms with E-state index in [1.807, 2.05) is 55.5 Å². The Labute approximate surface area is 157 Å². The summed E-state index contributed by atoms with van der Waals surface area (Å²) in [6, 6.07) is 15.7. The van der Waals surface area contributed by atoms with Crippen LogP contribution in [0.5, 0.6) is 0 Å². The number of carbonyl (C=O) groups excluding carboxylic acids is 1. The van der Waals surface area contributed by atoms with Crippen molar-refractivity contribution in [1.29, 1.82) is 0 Å². The highest BCUT2D eigenvalue weighted by Crippen LogP contribution is 2.32. The molecule has 0 aliphatic heterocycles. The molecule has 0 aliphatic carbocycles. The summed E-state index contributed by atoms with van der Waals surface area (Å²) in [6.07, 6.45) is 1.81. The molecule has 0 fully saturated rings. The van der Waals surface area contributed by atoms with Gasteiger partial charge in [-0.1, -0.05) is 30.3 Å². The Bertz CT molecular complexity index is 852. The Hall–Kier alpha value is -1.92. The van der Waals surface area contributed by atoms with Gasteiger partial charge in [0.25, 0.3) is 0 Å². The fourth-order valence-corrected chi connectivity index (χ4v) is 3.97. The van der Waals surface area contributed by atoms with Crippen LogP contribution in [0, 0.1) is 6.92 Å². The quantitative estimate of drug-likeness (QED) is 0.608. The van der Waals surface area contributed by atoms with Gasteiger partial charge in [-0.05, 0) is 62.5 Å². The van der Waals surface area contributed by atoms with Crippen molar-refractivity contribution in [3.8, 4) is 11.3 Å². The van der Waals surface area contributed by atoms with Crippen LogP contribution in [0.3, 0.4) is 0 Å². The number of aromatic nitrogens is 2. The predicted molar refractivity (Wildman–Crippen MR) is 103 cm³/mol. The topological polar surface area (TPSA) is 46.9 Å². The van der Waals surface area contributed by atoms with E-state index in [-0.39, 0.29) is 12.5 Å². The van der Waals surface area contributed by atoms with E-state index in [9.17, 15) is 4.79 Å². The molecule has 0 atom stereocenters. The van der Waals surface area contributed by atoms with Crippen molar-refractivity contribution < 1.29 is 4.79 Å². The first-order chi connectivity index (χ1) is 11.5. The van der Waals surface area contributed by atoms with Gasteiger partial charge in [0.15, 0.2) is 0 Å². The molecule has 0 aliphatic rings. The SMILES string of the molecule is Cc1cc(Br)c(NC(=O)Cn2ccc(-c3ccccc3)n2)c(Br)c1. The molecule has 6 heteroatoms. The van der Waals surface area contributed by atoms with Crippen LogP contribution < -0.4 is 5.32 Å². The summed E-state index contributed by atoms with van der Waals surface area (Å²) in [7, 11) is 0. The number of nitrogens with zero attached hydrogens (tertiary/aromatic N) is 2. The lowest BCUT2D eigenvalue weighted by molar-refractivity contribution is -0.116. The summed E-state index contributed by atoms with van der Waals surface area (Å²) < 4.78 is 3.31. The normalized spacial score (nSPS) is 10.6. The summed E-state index contributed by atoms with van der Waals surface area (Å²) in [5.74, 6) is -0.136. The van der Waals surface area contributed by atoms with Crippen LogP contribution in [0.15, 0.2) is 63.7 Å². The number of hydrogen-bond acceptors (Lipinski definition) is 2. The van der Waals surface area contributed by atoms with Gasteiger partial charge in [-0.3, -0.25) is 9.48 Å². The Morgan fingerprint density at radius 1 is 1.12 bits per heavy atom. The molecule has 24 heavy (non-hydrogen) atoms. The number of anilines is 1. The molecule has 1 amide bonds. The van der Waals surface area contributed by atoms with E-state index in [0.29, 0.717) is 0 Å². The molecular weight excluding hydrogens is 434 g/mol. The number of hydrogen-bond donors (Lipinski definition) is 1. The van der Waals surface area contributed by atoms with Crippen LogP contribution in [-0.2, 0) is 11.3 Å². The van der Waals surface area contributed by atoms with E-state index in [1.54, 1.807) is 10.9 Å². The third kappa shape index (κ3) is 3.94. The van der Waals surface area contributed by atoms with Gasteiger partial charge in [0.05, 0.1) is 11.4 Å². The maximum absolute atomic E-state index is 12.3. The minimum atomic E-state index is -0.136. The first-order valence-corrected chi connectivity index (χ1v) is 8.96. The second-order valence-corrected chi connectivity index (χ2v) is 7.13. The lowest BCUT2D eigenvalue weighted by Crippen LogP contribution is -2.19. The average molecular weight is 449 g/mol. The fourth-order valence-electron chi connectivity index (χ4n) is 2.36. The lowest BCUT2D eigenvalue weighted by atomic mass is 10.2. The number of rotatable bonds is 4. The van der Waals surface area contributed by atoms with Crippen LogP contribution >= 0.6 is 31.9 Å². The summed E-state index contributed by atoms with van der Waals surface area (Å²) in [5.41, 5.74) is 3.70. The van der Waals surface area contributed by atoms with E-state index in [4.69, 9.17) is 0 Å². The van der Waals surface area contributed by atoms with Gasteiger partial charge in [-0.25, -0.2) is 0 Å². The van der Waals surface area contributed by atoms with Gasteiger partial charge in [-0.2, -0.15) is 5.10 Å². The average Bonchev–Trinajstić information content (AvgIpc) is 3.00. The number of amides is 1. The molecule has 1 N–H and O–H groups in total. The largest absolute Gasteiger partial charge is 0.323 e. The van der Waals surface area contributed by atoms with Gasteiger partial charge >= 0.3 is 0 Å². The van der Waals surface area contributed by atoms with Crippen LogP contribution in [0.2, 0.25) is 0 Å². The van der Waals surface area contributed by atoms with Crippen molar-refractivity contribution in [2.24, 2.45) is 0 Å². The first kappa shape index (κ1) is 16.9. The maximum atomic E-state index is 12.3. The monoisotopic (exact) mass is 447 g/mol. The second-order valence-electron chi connectivity index (χ2n) is 5.42. The molecule has 0 spiro atoms. The molecular formula is C18H15Br2N3O. The number of aryl methyl sites for hydroxylation is 1. The third-order valence-electron chi connectivity index (χ3n) is 3.47. The summed E-state index contributed by atoms with van der Waals surface area (Å²) in [6.45, 7) is 2.15. The zero-order valence-electron chi connectivity index (χ0n) is 13.0. The Balaban J connectivity index is 1.71. The lowest BCUT2D eigenvalue weighted by Gasteiger charge is -2.11. The standard InChI is InChI=1S/C18H15Br2N3O/c1-12-9-14(19)18(15(20)10-12)21-17(24)11-23-8-7-16(22-23)13-5-3-2-4-6-13/h2-10H,11H2,1H3,(H,21,24). The van der Waals surface area contributed by atoms with Crippen LogP contribution in [0.4, 0.5) is 5.69 Å².